The van der Waals surface area contributed by atoms with E-state index in [1.807, 2.05) is 43.3 Å². The molecule has 1 aliphatic heterocycles. The van der Waals surface area contributed by atoms with Crippen molar-refractivity contribution in [3.05, 3.63) is 47.7 Å². The highest BCUT2D eigenvalue weighted by Gasteiger charge is 2.27. The molecule has 0 spiro atoms. The molecule has 1 unspecified atom stereocenters. The summed E-state index contributed by atoms with van der Waals surface area (Å²) in [6.45, 7) is 4.61. The van der Waals surface area contributed by atoms with E-state index in [1.54, 1.807) is 4.90 Å². The van der Waals surface area contributed by atoms with Crippen molar-refractivity contribution in [2.75, 3.05) is 13.1 Å². The summed E-state index contributed by atoms with van der Waals surface area (Å²) in [5.41, 5.74) is 3.22. The van der Waals surface area contributed by atoms with Crippen LogP contribution in [0.2, 0.25) is 0 Å². The maximum Gasteiger partial charge on any atom is 0.253 e. The molecule has 1 aromatic heterocycles. The molecule has 2 amide bonds. The van der Waals surface area contributed by atoms with Crippen molar-refractivity contribution in [3.8, 4) is 11.3 Å². The fourth-order valence-electron chi connectivity index (χ4n) is 2.87. The van der Waals surface area contributed by atoms with E-state index >= 15 is 0 Å². The molecule has 1 saturated heterocycles. The van der Waals surface area contributed by atoms with Crippen LogP contribution in [0.5, 0.6) is 0 Å². The second-order valence-corrected chi connectivity index (χ2v) is 6.07. The monoisotopic (exact) mass is 324 g/mol. The zero-order chi connectivity index (χ0) is 17.1. The highest BCUT2D eigenvalue weighted by atomic mass is 16.2. The van der Waals surface area contributed by atoms with Gasteiger partial charge >= 0.3 is 0 Å². The third kappa shape index (κ3) is 3.59. The molecule has 24 heavy (non-hydrogen) atoms. The Bertz CT molecular complexity index is 741. The Hall–Kier alpha value is -2.76. The minimum absolute atomic E-state index is 0.00982. The molecular weight excluding hydrogens is 304 g/mol. The molecule has 3 rings (SSSR count). The summed E-state index contributed by atoms with van der Waals surface area (Å²) < 4.78 is 0. The van der Waals surface area contributed by atoms with Gasteiger partial charge in [0.2, 0.25) is 5.91 Å². The summed E-state index contributed by atoms with van der Waals surface area (Å²) in [4.78, 5) is 25.4. The Labute approximate surface area is 140 Å². The quantitative estimate of drug-likeness (QED) is 0.934. The van der Waals surface area contributed by atoms with E-state index in [4.69, 9.17) is 0 Å². The van der Waals surface area contributed by atoms with Gasteiger partial charge in [0.25, 0.3) is 5.91 Å². The molecule has 2 heterocycles. The Morgan fingerprint density at radius 1 is 1.12 bits per heavy atom. The van der Waals surface area contributed by atoms with E-state index in [-0.39, 0.29) is 17.9 Å². The average molecular weight is 324 g/mol. The highest BCUT2D eigenvalue weighted by Crippen LogP contribution is 2.19. The topological polar surface area (TPSA) is 75.2 Å². The van der Waals surface area contributed by atoms with Crippen LogP contribution in [-0.4, -0.2) is 46.0 Å². The fraction of sp³-hybridized carbons (Fsp3) is 0.333. The van der Waals surface area contributed by atoms with Gasteiger partial charge in [0.15, 0.2) is 0 Å². The largest absolute Gasteiger partial charge is 0.352 e. The lowest BCUT2D eigenvalue weighted by molar-refractivity contribution is -0.119. The predicted molar refractivity (Wildman–Crippen MR) is 90.3 cm³/mol. The molecule has 1 fully saturated rings. The highest BCUT2D eigenvalue weighted by molar-refractivity contribution is 5.95. The first-order valence-electron chi connectivity index (χ1n) is 8.00. The molecule has 0 saturated carbocycles. The van der Waals surface area contributed by atoms with Gasteiger partial charge in [0.1, 0.15) is 0 Å². The second kappa shape index (κ2) is 6.78. The van der Waals surface area contributed by atoms with E-state index in [9.17, 15) is 9.59 Å². The van der Waals surface area contributed by atoms with Crippen LogP contribution in [0.4, 0.5) is 0 Å². The first-order valence-corrected chi connectivity index (χ1v) is 8.00. The maximum absolute atomic E-state index is 12.6. The normalized spacial score (nSPS) is 16.9. The first kappa shape index (κ1) is 16.1. The van der Waals surface area contributed by atoms with Crippen molar-refractivity contribution in [2.45, 2.75) is 26.3 Å². The van der Waals surface area contributed by atoms with Crippen molar-refractivity contribution in [3.63, 3.8) is 0 Å². The van der Waals surface area contributed by atoms with Gasteiger partial charge in [-0.1, -0.05) is 12.1 Å². The molecule has 6 heteroatoms. The molecule has 0 bridgehead atoms. The molecule has 0 aliphatic carbocycles. The number of nitrogens with one attached hydrogen (secondary N) is 1. The van der Waals surface area contributed by atoms with Gasteiger partial charge in [0, 0.05) is 37.2 Å². The van der Waals surface area contributed by atoms with Crippen molar-refractivity contribution in [1.29, 1.82) is 0 Å². The lowest BCUT2D eigenvalue weighted by atomic mass is 10.1. The van der Waals surface area contributed by atoms with E-state index < -0.39 is 0 Å². The number of aryl methyl sites for hydroxylation is 1. The lowest BCUT2D eigenvalue weighted by Gasteiger charge is -2.17. The van der Waals surface area contributed by atoms with Crippen LogP contribution in [0.15, 0.2) is 36.4 Å². The number of carbonyl (C=O) groups excluding carboxylic acids is 2. The zero-order valence-electron chi connectivity index (χ0n) is 13.8. The van der Waals surface area contributed by atoms with Crippen LogP contribution in [0, 0.1) is 6.92 Å². The molecule has 2 aromatic rings. The van der Waals surface area contributed by atoms with Crippen molar-refractivity contribution in [1.82, 2.24) is 20.4 Å². The number of rotatable bonds is 3. The molecule has 1 atom stereocenters. The molecule has 124 valence electrons. The number of nitrogens with zero attached hydrogens (tertiary/aromatic N) is 3. The van der Waals surface area contributed by atoms with Crippen LogP contribution in [0.25, 0.3) is 11.3 Å². The van der Waals surface area contributed by atoms with Crippen molar-refractivity contribution in [2.24, 2.45) is 0 Å². The van der Waals surface area contributed by atoms with Crippen LogP contribution in [0.3, 0.4) is 0 Å². The lowest BCUT2D eigenvalue weighted by Crippen LogP contribution is -2.37. The zero-order valence-corrected chi connectivity index (χ0v) is 13.8. The Kier molecular flexibility index (Phi) is 4.55. The van der Waals surface area contributed by atoms with Gasteiger partial charge in [-0.05, 0) is 37.6 Å². The van der Waals surface area contributed by atoms with Crippen LogP contribution < -0.4 is 5.32 Å². The average Bonchev–Trinajstić information content (AvgIpc) is 3.03. The van der Waals surface area contributed by atoms with E-state index in [1.165, 1.54) is 6.92 Å². The molecule has 1 N–H and O–H groups in total. The number of hydrogen-bond acceptors (Lipinski definition) is 4. The molecule has 0 radical (unpaired) electrons. The minimum atomic E-state index is -0.0575. The van der Waals surface area contributed by atoms with Crippen molar-refractivity contribution < 1.29 is 9.59 Å². The van der Waals surface area contributed by atoms with Crippen LogP contribution >= 0.6 is 0 Å². The Morgan fingerprint density at radius 2 is 1.88 bits per heavy atom. The summed E-state index contributed by atoms with van der Waals surface area (Å²) in [6.07, 6.45) is 0.794. The fourth-order valence-corrected chi connectivity index (χ4v) is 2.87. The third-order valence-electron chi connectivity index (χ3n) is 4.11. The number of likely N-dealkylation sites (tertiary alicyclic amines) is 1. The smallest absolute Gasteiger partial charge is 0.253 e. The Balaban J connectivity index is 1.68. The van der Waals surface area contributed by atoms with Crippen LogP contribution in [-0.2, 0) is 4.79 Å². The Morgan fingerprint density at radius 3 is 2.50 bits per heavy atom. The number of aromatic nitrogens is 2. The summed E-state index contributed by atoms with van der Waals surface area (Å²) in [6, 6.07) is 11.3. The van der Waals surface area contributed by atoms with Gasteiger partial charge in [-0.2, -0.15) is 10.2 Å². The van der Waals surface area contributed by atoms with Gasteiger partial charge < -0.3 is 10.2 Å². The number of benzene rings is 1. The minimum Gasteiger partial charge on any atom is -0.352 e. The summed E-state index contributed by atoms with van der Waals surface area (Å²) >= 11 is 0. The van der Waals surface area contributed by atoms with Gasteiger partial charge in [-0.25, -0.2) is 0 Å². The maximum atomic E-state index is 12.6. The van der Waals surface area contributed by atoms with E-state index in [2.05, 4.69) is 15.5 Å². The molecule has 6 nitrogen and oxygen atoms in total. The second-order valence-electron chi connectivity index (χ2n) is 6.07. The number of hydrogen-bond donors (Lipinski definition) is 1. The standard InChI is InChI=1S/C18H20N4O2/c1-12-3-8-17(21-20-12)14-4-6-15(7-5-14)18(24)22-10-9-16(11-22)19-13(2)23/h3-8,16H,9-11H2,1-2H3,(H,19,23). The van der Waals surface area contributed by atoms with Gasteiger partial charge in [-0.15, -0.1) is 0 Å². The van der Waals surface area contributed by atoms with E-state index in [0.717, 1.165) is 23.4 Å². The predicted octanol–water partition coefficient (Wildman–Crippen LogP) is 1.80. The summed E-state index contributed by atoms with van der Waals surface area (Å²) in [5.74, 6) is -0.0674. The summed E-state index contributed by atoms with van der Waals surface area (Å²) in [7, 11) is 0. The SMILES string of the molecule is CC(=O)NC1CCN(C(=O)c2ccc(-c3ccc(C)nn3)cc2)C1. The van der Waals surface area contributed by atoms with Crippen molar-refractivity contribution >= 4 is 11.8 Å². The first-order chi connectivity index (χ1) is 11.5. The molecule has 1 aliphatic rings. The number of amides is 2. The summed E-state index contributed by atoms with van der Waals surface area (Å²) in [5, 5.41) is 11.1. The van der Waals surface area contributed by atoms with Gasteiger partial charge in [-0.3, -0.25) is 9.59 Å². The molecular formula is C18H20N4O2. The van der Waals surface area contributed by atoms with Crippen LogP contribution in [0.1, 0.15) is 29.4 Å². The molecule has 1 aromatic carbocycles. The van der Waals surface area contributed by atoms with Gasteiger partial charge in [0.05, 0.1) is 11.4 Å². The third-order valence-corrected chi connectivity index (χ3v) is 4.11. The van der Waals surface area contributed by atoms with E-state index in [0.29, 0.717) is 18.7 Å². The number of carbonyl (C=O) groups is 2.